The quantitative estimate of drug-likeness (QED) is 0.868. The maximum absolute atomic E-state index is 12.4. The number of aromatic nitrogens is 1. The molecule has 0 spiro atoms. The summed E-state index contributed by atoms with van der Waals surface area (Å²) < 4.78 is 37.1. The molecule has 0 saturated heterocycles. The smallest absolute Gasteiger partial charge is 0.344 e. The van der Waals surface area contributed by atoms with Crippen molar-refractivity contribution in [2.45, 2.75) is 25.6 Å². The summed E-state index contributed by atoms with van der Waals surface area (Å²) >= 11 is 6.16. The molecule has 0 atom stereocenters. The van der Waals surface area contributed by atoms with Crippen LogP contribution in [0.15, 0.2) is 5.38 Å². The minimum absolute atomic E-state index is 0.184. The van der Waals surface area contributed by atoms with E-state index in [0.29, 0.717) is 0 Å². The molecule has 0 aliphatic carbocycles. The third-order valence-corrected chi connectivity index (χ3v) is 3.31. The Kier molecular flexibility index (Phi) is 4.03. The summed E-state index contributed by atoms with van der Waals surface area (Å²) in [7, 11) is 0. The molecule has 1 heterocycles. The first-order valence-corrected chi connectivity index (χ1v) is 5.98. The number of nitrogens with one attached hydrogen (secondary N) is 1. The fraction of sp³-hybridized carbons (Fsp3) is 0.556. The van der Waals surface area contributed by atoms with Crippen LogP contribution in [-0.2, 0) is 16.5 Å². The average Bonchev–Trinajstić information content (AvgIpc) is 2.65. The lowest BCUT2D eigenvalue weighted by Gasteiger charge is -2.23. The zero-order chi connectivity index (χ0) is 13.3. The highest BCUT2D eigenvalue weighted by Crippen LogP contribution is 2.33. The number of hydrogen-bond acceptors (Lipinski definition) is 3. The van der Waals surface area contributed by atoms with E-state index < -0.39 is 23.3 Å². The predicted molar refractivity (Wildman–Crippen MR) is 59.0 cm³/mol. The number of nitrogens with zero attached hydrogens (tertiary/aromatic N) is 1. The molecule has 8 heteroatoms. The molecule has 1 aromatic heterocycles. The first-order valence-electron chi connectivity index (χ1n) is 4.57. The van der Waals surface area contributed by atoms with E-state index in [2.05, 4.69) is 10.3 Å². The zero-order valence-corrected chi connectivity index (χ0v) is 10.6. The molecule has 0 aromatic carbocycles. The summed E-state index contributed by atoms with van der Waals surface area (Å²) in [6.07, 6.45) is -4.47. The Morgan fingerprint density at radius 1 is 1.53 bits per heavy atom. The number of carbonyl (C=O) groups is 1. The molecule has 17 heavy (non-hydrogen) atoms. The van der Waals surface area contributed by atoms with Crippen LogP contribution in [0.25, 0.3) is 0 Å². The van der Waals surface area contributed by atoms with Crippen molar-refractivity contribution in [2.24, 2.45) is 0 Å². The van der Waals surface area contributed by atoms with Crippen LogP contribution in [0.1, 0.15) is 24.5 Å². The van der Waals surface area contributed by atoms with Crippen molar-refractivity contribution in [1.82, 2.24) is 10.3 Å². The molecule has 1 N–H and O–H groups in total. The van der Waals surface area contributed by atoms with Crippen molar-refractivity contribution >= 4 is 28.8 Å². The van der Waals surface area contributed by atoms with Gasteiger partial charge in [0.2, 0.25) is 5.91 Å². The highest BCUT2D eigenvalue weighted by Gasteiger charge is 2.36. The molecule has 0 unspecified atom stereocenters. The lowest BCUT2D eigenvalue weighted by Crippen LogP contribution is -2.41. The van der Waals surface area contributed by atoms with Gasteiger partial charge in [-0.05, 0) is 13.8 Å². The third kappa shape index (κ3) is 3.57. The molecule has 0 aliphatic rings. The van der Waals surface area contributed by atoms with Gasteiger partial charge in [0.25, 0.3) is 0 Å². The van der Waals surface area contributed by atoms with Gasteiger partial charge in [0.15, 0.2) is 5.69 Å². The molecule has 0 aliphatic heterocycles. The van der Waals surface area contributed by atoms with Crippen molar-refractivity contribution in [2.75, 3.05) is 5.88 Å². The maximum atomic E-state index is 12.4. The zero-order valence-electron chi connectivity index (χ0n) is 9.06. The molecule has 1 aromatic rings. The number of hydrogen-bond donors (Lipinski definition) is 1. The molecule has 96 valence electrons. The molecule has 0 saturated carbocycles. The molecule has 3 nitrogen and oxygen atoms in total. The molecular weight excluding hydrogens is 277 g/mol. The van der Waals surface area contributed by atoms with Gasteiger partial charge in [-0.15, -0.1) is 22.9 Å². The molecule has 0 fully saturated rings. The van der Waals surface area contributed by atoms with Crippen LogP contribution in [0.5, 0.6) is 0 Å². The van der Waals surface area contributed by atoms with E-state index >= 15 is 0 Å². The normalized spacial score (nSPS) is 12.6. The molecular formula is C9H10ClF3N2OS. The summed E-state index contributed by atoms with van der Waals surface area (Å²) in [6.45, 7) is 3.13. The average molecular weight is 287 g/mol. The van der Waals surface area contributed by atoms with Gasteiger partial charge in [-0.3, -0.25) is 4.79 Å². The van der Waals surface area contributed by atoms with E-state index in [1.807, 2.05) is 0 Å². The maximum Gasteiger partial charge on any atom is 0.434 e. The van der Waals surface area contributed by atoms with Crippen molar-refractivity contribution in [1.29, 1.82) is 0 Å². The number of alkyl halides is 4. The minimum Gasteiger partial charge on any atom is -0.344 e. The van der Waals surface area contributed by atoms with Crippen LogP contribution in [0.2, 0.25) is 0 Å². The summed E-state index contributed by atoms with van der Waals surface area (Å²) in [5, 5.41) is 3.60. The van der Waals surface area contributed by atoms with Crippen molar-refractivity contribution in [3.63, 3.8) is 0 Å². The van der Waals surface area contributed by atoms with E-state index in [4.69, 9.17) is 11.6 Å². The number of halogens is 4. The first-order chi connectivity index (χ1) is 7.66. The SMILES string of the molecule is CC(C)(NC(=O)CCl)c1nc(C(F)(F)F)cs1. The van der Waals surface area contributed by atoms with Gasteiger partial charge >= 0.3 is 6.18 Å². The lowest BCUT2D eigenvalue weighted by atomic mass is 10.1. The van der Waals surface area contributed by atoms with E-state index in [1.54, 1.807) is 13.8 Å². The largest absolute Gasteiger partial charge is 0.434 e. The Labute approximate surface area is 105 Å². The summed E-state index contributed by atoms with van der Waals surface area (Å²) in [5.41, 5.74) is -1.93. The third-order valence-electron chi connectivity index (χ3n) is 1.90. The summed E-state index contributed by atoms with van der Waals surface area (Å²) in [4.78, 5) is 14.6. The molecule has 1 rings (SSSR count). The topological polar surface area (TPSA) is 42.0 Å². The van der Waals surface area contributed by atoms with Crippen LogP contribution in [-0.4, -0.2) is 16.8 Å². The van der Waals surface area contributed by atoms with E-state index in [-0.39, 0.29) is 10.9 Å². The first kappa shape index (κ1) is 14.2. The van der Waals surface area contributed by atoms with E-state index in [0.717, 1.165) is 16.7 Å². The van der Waals surface area contributed by atoms with Gasteiger partial charge in [-0.25, -0.2) is 4.98 Å². The van der Waals surface area contributed by atoms with Crippen LogP contribution >= 0.6 is 22.9 Å². The Hall–Kier alpha value is -0.820. The number of carbonyl (C=O) groups excluding carboxylic acids is 1. The van der Waals surface area contributed by atoms with Crippen LogP contribution < -0.4 is 5.32 Å². The Bertz CT molecular complexity index is 417. The fourth-order valence-electron chi connectivity index (χ4n) is 1.13. The highest BCUT2D eigenvalue weighted by molar-refractivity contribution is 7.09. The van der Waals surface area contributed by atoms with E-state index in [1.165, 1.54) is 0 Å². The number of rotatable bonds is 3. The standard InChI is InChI=1S/C9H10ClF3N2OS/c1-8(2,15-6(16)3-10)7-14-5(4-17-7)9(11,12)13/h4H,3H2,1-2H3,(H,15,16). The Morgan fingerprint density at radius 3 is 2.53 bits per heavy atom. The van der Waals surface area contributed by atoms with Crippen LogP contribution in [0.3, 0.4) is 0 Å². The van der Waals surface area contributed by atoms with Crippen molar-refractivity contribution in [3.8, 4) is 0 Å². The summed E-state index contributed by atoms with van der Waals surface area (Å²) in [5.74, 6) is -0.707. The Morgan fingerprint density at radius 2 is 2.12 bits per heavy atom. The Balaban J connectivity index is 2.92. The van der Waals surface area contributed by atoms with Crippen molar-refractivity contribution in [3.05, 3.63) is 16.1 Å². The van der Waals surface area contributed by atoms with Gasteiger partial charge in [0, 0.05) is 5.38 Å². The second-order valence-corrected chi connectivity index (χ2v) is 4.97. The van der Waals surface area contributed by atoms with Gasteiger partial charge in [-0.1, -0.05) is 0 Å². The highest BCUT2D eigenvalue weighted by atomic mass is 35.5. The van der Waals surface area contributed by atoms with Gasteiger partial charge in [0.1, 0.15) is 10.9 Å². The van der Waals surface area contributed by atoms with Gasteiger partial charge in [0.05, 0.1) is 5.54 Å². The number of amides is 1. The van der Waals surface area contributed by atoms with Gasteiger partial charge in [-0.2, -0.15) is 13.2 Å². The van der Waals surface area contributed by atoms with Gasteiger partial charge < -0.3 is 5.32 Å². The van der Waals surface area contributed by atoms with Crippen LogP contribution in [0, 0.1) is 0 Å². The van der Waals surface area contributed by atoms with Crippen molar-refractivity contribution < 1.29 is 18.0 Å². The second kappa shape index (κ2) is 4.81. The second-order valence-electron chi connectivity index (χ2n) is 3.84. The summed E-state index contributed by atoms with van der Waals surface area (Å²) in [6, 6.07) is 0. The van der Waals surface area contributed by atoms with Crippen LogP contribution in [0.4, 0.5) is 13.2 Å². The molecule has 1 amide bonds. The van der Waals surface area contributed by atoms with E-state index in [9.17, 15) is 18.0 Å². The predicted octanol–water partition coefficient (Wildman–Crippen LogP) is 2.75. The minimum atomic E-state index is -4.47. The molecule has 0 radical (unpaired) electrons. The lowest BCUT2D eigenvalue weighted by molar-refractivity contribution is -0.140. The fourth-order valence-corrected chi connectivity index (χ4v) is 2.10. The molecule has 0 bridgehead atoms. The monoisotopic (exact) mass is 286 g/mol. The number of thiazole rings is 1.